The van der Waals surface area contributed by atoms with Gasteiger partial charge in [0.25, 0.3) is 5.91 Å². The van der Waals surface area contributed by atoms with Crippen LogP contribution in [0.2, 0.25) is 10.0 Å². The number of ether oxygens (including phenoxy) is 1. The van der Waals surface area contributed by atoms with Crippen LogP contribution in [0.5, 0.6) is 5.75 Å². The number of halogens is 2. The van der Waals surface area contributed by atoms with Crippen LogP contribution in [-0.2, 0) is 11.2 Å². The van der Waals surface area contributed by atoms with Crippen LogP contribution in [0.25, 0.3) is 0 Å². The second kappa shape index (κ2) is 12.1. The van der Waals surface area contributed by atoms with Gasteiger partial charge in [-0.1, -0.05) is 47.5 Å². The second-order valence-corrected chi connectivity index (χ2v) is 9.57. The second-order valence-electron chi connectivity index (χ2n) is 8.76. The number of hydrogen-bond acceptors (Lipinski definition) is 5. The number of aromatic nitrogens is 1. The van der Waals surface area contributed by atoms with E-state index in [2.05, 4.69) is 15.6 Å². The van der Waals surface area contributed by atoms with Crippen LogP contribution in [0.1, 0.15) is 41.6 Å². The number of amides is 1. The number of nitrogens with one attached hydrogen (secondary N) is 2. The predicted octanol–water partition coefficient (Wildman–Crippen LogP) is 5.62. The number of rotatable bonds is 9. The van der Waals surface area contributed by atoms with E-state index in [1.54, 1.807) is 12.3 Å². The number of aliphatic carboxylic acids is 1. The Morgan fingerprint density at radius 3 is 2.28 bits per heavy atom. The Morgan fingerprint density at radius 2 is 1.67 bits per heavy atom. The van der Waals surface area contributed by atoms with Crippen LogP contribution in [0.3, 0.4) is 0 Å². The van der Waals surface area contributed by atoms with Crippen molar-refractivity contribution in [2.24, 2.45) is 0 Å². The summed E-state index contributed by atoms with van der Waals surface area (Å²) in [5.74, 6) is -0.157. The Bertz CT molecular complexity index is 1160. The lowest BCUT2D eigenvalue weighted by Crippen LogP contribution is -2.42. The van der Waals surface area contributed by atoms with Gasteiger partial charge in [0.1, 0.15) is 17.6 Å². The molecule has 1 heterocycles. The largest absolute Gasteiger partial charge is 0.490 e. The molecule has 0 bridgehead atoms. The fourth-order valence-corrected chi connectivity index (χ4v) is 4.83. The Balaban J connectivity index is 1.29. The number of carbonyl (C=O) groups excluding carboxylic acids is 1. The summed E-state index contributed by atoms with van der Waals surface area (Å²) in [6, 6.07) is 17.0. The molecule has 0 aliphatic heterocycles. The van der Waals surface area contributed by atoms with E-state index in [-0.39, 0.29) is 28.1 Å². The SMILES string of the molecule is O=C(N[C@@H](Cc1ccc(O[C@H]2CC[C@H](Nc3ccccn3)CC2)cc1)C(=O)O)c1c(Cl)cccc1Cl. The molecule has 0 spiro atoms. The number of nitrogens with zero attached hydrogens (tertiary/aromatic N) is 1. The van der Waals surface area contributed by atoms with E-state index in [9.17, 15) is 14.7 Å². The maximum atomic E-state index is 12.6. The van der Waals surface area contributed by atoms with Crippen molar-refractivity contribution in [2.75, 3.05) is 5.32 Å². The van der Waals surface area contributed by atoms with E-state index in [0.717, 1.165) is 42.8 Å². The monoisotopic (exact) mass is 527 g/mol. The van der Waals surface area contributed by atoms with Gasteiger partial charge < -0.3 is 20.5 Å². The van der Waals surface area contributed by atoms with Crippen molar-refractivity contribution in [3.63, 3.8) is 0 Å². The molecule has 0 unspecified atom stereocenters. The lowest BCUT2D eigenvalue weighted by molar-refractivity contribution is -0.139. The smallest absolute Gasteiger partial charge is 0.326 e. The van der Waals surface area contributed by atoms with Crippen molar-refractivity contribution in [3.05, 3.63) is 88.0 Å². The van der Waals surface area contributed by atoms with Crippen LogP contribution >= 0.6 is 23.2 Å². The minimum atomic E-state index is -1.15. The summed E-state index contributed by atoms with van der Waals surface area (Å²) in [6.07, 6.45) is 5.87. The summed E-state index contributed by atoms with van der Waals surface area (Å²) in [7, 11) is 0. The molecule has 4 rings (SSSR count). The average Bonchev–Trinajstić information content (AvgIpc) is 2.86. The third-order valence-corrected chi connectivity index (χ3v) is 6.78. The summed E-state index contributed by atoms with van der Waals surface area (Å²) in [6.45, 7) is 0. The van der Waals surface area contributed by atoms with Crippen LogP contribution < -0.4 is 15.4 Å². The molecule has 1 aliphatic carbocycles. The maximum absolute atomic E-state index is 12.6. The van der Waals surface area contributed by atoms with Gasteiger partial charge in [-0.25, -0.2) is 9.78 Å². The average molecular weight is 528 g/mol. The minimum absolute atomic E-state index is 0.0563. The number of carboxylic acids is 1. The molecule has 1 aromatic heterocycles. The van der Waals surface area contributed by atoms with Gasteiger partial charge in [-0.15, -0.1) is 0 Å². The van der Waals surface area contributed by atoms with Gasteiger partial charge in [0, 0.05) is 18.7 Å². The zero-order valence-corrected chi connectivity index (χ0v) is 21.0. The molecule has 9 heteroatoms. The highest BCUT2D eigenvalue weighted by Gasteiger charge is 2.25. The van der Waals surface area contributed by atoms with Gasteiger partial charge in [0.05, 0.1) is 21.7 Å². The first kappa shape index (κ1) is 25.8. The van der Waals surface area contributed by atoms with E-state index in [1.807, 2.05) is 42.5 Å². The zero-order valence-electron chi connectivity index (χ0n) is 19.5. The molecule has 1 atom stereocenters. The molecular weight excluding hydrogens is 501 g/mol. The number of benzene rings is 2. The van der Waals surface area contributed by atoms with Crippen molar-refractivity contribution in [2.45, 2.75) is 50.3 Å². The van der Waals surface area contributed by atoms with E-state index in [1.165, 1.54) is 12.1 Å². The zero-order chi connectivity index (χ0) is 25.5. The number of carboxylic acid groups (broad SMARTS) is 1. The van der Waals surface area contributed by atoms with Crippen molar-refractivity contribution >= 4 is 40.9 Å². The third-order valence-electron chi connectivity index (χ3n) is 6.15. The molecule has 3 aromatic rings. The van der Waals surface area contributed by atoms with E-state index in [0.29, 0.717) is 6.04 Å². The van der Waals surface area contributed by atoms with Crippen LogP contribution in [0, 0.1) is 0 Å². The van der Waals surface area contributed by atoms with Gasteiger partial charge in [-0.2, -0.15) is 0 Å². The number of pyridine rings is 1. The molecule has 2 aromatic carbocycles. The molecule has 7 nitrogen and oxygen atoms in total. The Labute approximate surface area is 219 Å². The van der Waals surface area contributed by atoms with E-state index < -0.39 is 17.9 Å². The molecule has 0 saturated heterocycles. The topological polar surface area (TPSA) is 101 Å². The van der Waals surface area contributed by atoms with Crippen LogP contribution in [-0.4, -0.2) is 40.2 Å². The Kier molecular flexibility index (Phi) is 8.67. The summed E-state index contributed by atoms with van der Waals surface area (Å²) >= 11 is 12.2. The predicted molar refractivity (Wildman–Crippen MR) is 140 cm³/mol. The first-order valence-electron chi connectivity index (χ1n) is 11.8. The van der Waals surface area contributed by atoms with E-state index >= 15 is 0 Å². The summed E-state index contributed by atoms with van der Waals surface area (Å²) in [5.41, 5.74) is 0.810. The van der Waals surface area contributed by atoms with Gasteiger partial charge >= 0.3 is 5.97 Å². The minimum Gasteiger partial charge on any atom is -0.490 e. The number of carbonyl (C=O) groups is 2. The van der Waals surface area contributed by atoms with Gasteiger partial charge in [0.2, 0.25) is 0 Å². The highest BCUT2D eigenvalue weighted by molar-refractivity contribution is 6.39. The van der Waals surface area contributed by atoms with Crippen molar-refractivity contribution in [1.82, 2.24) is 10.3 Å². The molecule has 1 amide bonds. The fourth-order valence-electron chi connectivity index (χ4n) is 4.26. The maximum Gasteiger partial charge on any atom is 0.326 e. The summed E-state index contributed by atoms with van der Waals surface area (Å²) < 4.78 is 6.15. The van der Waals surface area contributed by atoms with Crippen molar-refractivity contribution < 1.29 is 19.4 Å². The van der Waals surface area contributed by atoms with Crippen molar-refractivity contribution in [3.8, 4) is 5.75 Å². The molecule has 188 valence electrons. The Hall–Kier alpha value is -3.29. The molecule has 1 aliphatic rings. The molecule has 1 fully saturated rings. The quantitative estimate of drug-likeness (QED) is 0.334. The molecule has 3 N–H and O–H groups in total. The molecule has 1 saturated carbocycles. The van der Waals surface area contributed by atoms with E-state index in [4.69, 9.17) is 27.9 Å². The normalized spacial score (nSPS) is 18.2. The highest BCUT2D eigenvalue weighted by atomic mass is 35.5. The molecule has 0 radical (unpaired) electrons. The lowest BCUT2D eigenvalue weighted by Gasteiger charge is -2.29. The van der Waals surface area contributed by atoms with Crippen LogP contribution in [0.15, 0.2) is 66.9 Å². The summed E-state index contributed by atoms with van der Waals surface area (Å²) in [5, 5.41) is 15.9. The lowest BCUT2D eigenvalue weighted by atomic mass is 9.93. The number of hydrogen-bond donors (Lipinski definition) is 3. The fraction of sp³-hybridized carbons (Fsp3) is 0.296. The van der Waals surface area contributed by atoms with Gasteiger partial charge in [-0.05, 0) is 67.6 Å². The Morgan fingerprint density at radius 1 is 0.972 bits per heavy atom. The molecular formula is C27H27Cl2N3O4. The van der Waals surface area contributed by atoms with Crippen molar-refractivity contribution in [1.29, 1.82) is 0 Å². The first-order chi connectivity index (χ1) is 17.4. The highest BCUT2D eigenvalue weighted by Crippen LogP contribution is 2.27. The molecule has 36 heavy (non-hydrogen) atoms. The standard InChI is InChI=1S/C27H27Cl2N3O4/c28-21-4-3-5-22(29)25(21)26(33)32-23(27(34)35)16-17-7-11-19(12-8-17)36-20-13-9-18(10-14-20)31-24-6-1-2-15-30-24/h1-8,11-12,15,18,20,23H,9-10,13-14,16H2,(H,30,31)(H,32,33)(H,34,35)/t18-,20-,23-/m0/s1. The van der Waals surface area contributed by atoms with Crippen LogP contribution in [0.4, 0.5) is 5.82 Å². The summed E-state index contributed by atoms with van der Waals surface area (Å²) in [4.78, 5) is 28.7. The third kappa shape index (κ3) is 6.89. The number of anilines is 1. The van der Waals surface area contributed by atoms with Gasteiger partial charge in [-0.3, -0.25) is 4.79 Å². The first-order valence-corrected chi connectivity index (χ1v) is 12.6. The van der Waals surface area contributed by atoms with Gasteiger partial charge in [0.15, 0.2) is 0 Å².